The Morgan fingerprint density at radius 2 is 1.55 bits per heavy atom. The number of hydrogen-bond acceptors (Lipinski definition) is 4. The van der Waals surface area contributed by atoms with E-state index in [2.05, 4.69) is 15.6 Å². The van der Waals surface area contributed by atoms with Crippen molar-refractivity contribution in [2.75, 3.05) is 14.2 Å². The smallest absolute Gasteiger partial charge is 0.315 e. The van der Waals surface area contributed by atoms with Crippen LogP contribution in [0.4, 0.5) is 4.79 Å². The minimum atomic E-state index is -0.339. The number of aromatic nitrogens is 2. The van der Waals surface area contributed by atoms with E-state index in [1.54, 1.807) is 14.2 Å². The maximum absolute atomic E-state index is 12.9. The number of rotatable bonds is 8. The topological polar surface area (TPSA) is 88.3 Å². The van der Waals surface area contributed by atoms with E-state index in [0.717, 1.165) is 33.7 Å². The number of benzene rings is 3. The van der Waals surface area contributed by atoms with E-state index >= 15 is 0 Å². The minimum absolute atomic E-state index is 0.173. The predicted molar refractivity (Wildman–Crippen MR) is 129 cm³/mol. The van der Waals surface area contributed by atoms with E-state index in [1.165, 1.54) is 0 Å². The van der Waals surface area contributed by atoms with Crippen LogP contribution >= 0.6 is 0 Å². The first-order valence-corrected chi connectivity index (χ1v) is 10.8. The first-order valence-electron chi connectivity index (χ1n) is 10.8. The van der Waals surface area contributed by atoms with Crippen molar-refractivity contribution < 1.29 is 14.3 Å². The molecule has 1 aromatic heterocycles. The van der Waals surface area contributed by atoms with Gasteiger partial charge in [0.25, 0.3) is 0 Å². The van der Waals surface area contributed by atoms with Gasteiger partial charge in [0.05, 0.1) is 37.3 Å². The molecule has 0 aliphatic heterocycles. The SMILES string of the molecule is COc1ccc(C[C@@H](NC(=O)N[C@@H](C)c2ccc(OC)cc2)c2nc3ccccc3[nH]2)cc1. The lowest BCUT2D eigenvalue weighted by Gasteiger charge is -2.20. The van der Waals surface area contributed by atoms with Crippen LogP contribution in [0.15, 0.2) is 72.8 Å². The van der Waals surface area contributed by atoms with E-state index in [4.69, 9.17) is 14.5 Å². The third-order valence-corrected chi connectivity index (χ3v) is 5.61. The summed E-state index contributed by atoms with van der Waals surface area (Å²) in [5.74, 6) is 2.28. The molecule has 0 saturated carbocycles. The zero-order valence-electron chi connectivity index (χ0n) is 19.0. The third-order valence-electron chi connectivity index (χ3n) is 5.61. The fourth-order valence-corrected chi connectivity index (χ4v) is 3.72. The Labute approximate surface area is 193 Å². The highest BCUT2D eigenvalue weighted by atomic mass is 16.5. The molecule has 0 saturated heterocycles. The molecule has 0 radical (unpaired) electrons. The summed E-state index contributed by atoms with van der Waals surface area (Å²) in [7, 11) is 3.27. The highest BCUT2D eigenvalue weighted by Crippen LogP contribution is 2.22. The predicted octanol–water partition coefficient (Wildman–Crippen LogP) is 4.92. The van der Waals surface area contributed by atoms with Crippen LogP contribution in [0.25, 0.3) is 11.0 Å². The van der Waals surface area contributed by atoms with Gasteiger partial charge in [0.1, 0.15) is 17.3 Å². The summed E-state index contributed by atoms with van der Waals surface area (Å²) >= 11 is 0. The van der Waals surface area contributed by atoms with Crippen LogP contribution in [-0.2, 0) is 6.42 Å². The molecule has 2 amide bonds. The third kappa shape index (κ3) is 5.44. The van der Waals surface area contributed by atoms with Gasteiger partial charge < -0.3 is 25.1 Å². The number of nitrogens with one attached hydrogen (secondary N) is 3. The number of urea groups is 1. The van der Waals surface area contributed by atoms with Crippen molar-refractivity contribution in [2.45, 2.75) is 25.4 Å². The Morgan fingerprint density at radius 3 is 2.18 bits per heavy atom. The van der Waals surface area contributed by atoms with Gasteiger partial charge in [-0.05, 0) is 60.9 Å². The first-order chi connectivity index (χ1) is 16.1. The summed E-state index contributed by atoms with van der Waals surface area (Å²) in [6.45, 7) is 1.95. The fourth-order valence-electron chi connectivity index (χ4n) is 3.72. The van der Waals surface area contributed by atoms with E-state index < -0.39 is 0 Å². The first kappa shape index (κ1) is 22.2. The Bertz CT molecular complexity index is 1170. The molecule has 0 aliphatic rings. The largest absolute Gasteiger partial charge is 0.497 e. The maximum Gasteiger partial charge on any atom is 0.315 e. The molecule has 0 spiro atoms. The van der Waals surface area contributed by atoms with Gasteiger partial charge >= 0.3 is 6.03 Å². The van der Waals surface area contributed by atoms with Gasteiger partial charge in [0.15, 0.2) is 0 Å². The lowest BCUT2D eigenvalue weighted by molar-refractivity contribution is 0.233. The average Bonchev–Trinajstić information content (AvgIpc) is 3.28. The molecule has 3 aromatic carbocycles. The van der Waals surface area contributed by atoms with Gasteiger partial charge in [-0.25, -0.2) is 9.78 Å². The Morgan fingerprint density at radius 1 is 0.909 bits per heavy atom. The molecule has 0 unspecified atom stereocenters. The lowest BCUT2D eigenvalue weighted by atomic mass is 10.1. The summed E-state index contributed by atoms with van der Waals surface area (Å²) in [6.07, 6.45) is 0.578. The number of imidazole rings is 1. The second-order valence-corrected chi connectivity index (χ2v) is 7.86. The van der Waals surface area contributed by atoms with Gasteiger partial charge in [-0.3, -0.25) is 0 Å². The molecule has 0 aliphatic carbocycles. The molecule has 0 fully saturated rings. The molecule has 170 valence electrons. The van der Waals surface area contributed by atoms with E-state index in [-0.39, 0.29) is 18.1 Å². The normalized spacial score (nSPS) is 12.7. The molecule has 7 heteroatoms. The number of carbonyl (C=O) groups excluding carboxylic acids is 1. The van der Waals surface area contributed by atoms with Crippen LogP contribution in [0.2, 0.25) is 0 Å². The minimum Gasteiger partial charge on any atom is -0.497 e. The Balaban J connectivity index is 1.52. The van der Waals surface area contributed by atoms with Gasteiger partial charge in [-0.1, -0.05) is 36.4 Å². The second kappa shape index (κ2) is 10.1. The molecule has 7 nitrogen and oxygen atoms in total. The monoisotopic (exact) mass is 444 g/mol. The highest BCUT2D eigenvalue weighted by Gasteiger charge is 2.20. The van der Waals surface area contributed by atoms with Gasteiger partial charge in [-0.15, -0.1) is 0 Å². The number of H-pyrrole nitrogens is 1. The van der Waals surface area contributed by atoms with E-state index in [1.807, 2.05) is 79.7 Å². The van der Waals surface area contributed by atoms with Crippen molar-refractivity contribution in [3.8, 4) is 11.5 Å². The van der Waals surface area contributed by atoms with Crippen LogP contribution < -0.4 is 20.1 Å². The van der Waals surface area contributed by atoms with Crippen molar-refractivity contribution in [1.82, 2.24) is 20.6 Å². The molecule has 33 heavy (non-hydrogen) atoms. The lowest BCUT2D eigenvalue weighted by Crippen LogP contribution is -2.40. The number of aromatic amines is 1. The zero-order valence-corrected chi connectivity index (χ0v) is 19.0. The molecular formula is C26H28N4O3. The number of methoxy groups -OCH3 is 2. The van der Waals surface area contributed by atoms with Crippen molar-refractivity contribution in [3.05, 3.63) is 89.7 Å². The summed E-state index contributed by atoms with van der Waals surface area (Å²) < 4.78 is 10.5. The number of nitrogens with zero attached hydrogens (tertiary/aromatic N) is 1. The average molecular weight is 445 g/mol. The Kier molecular flexibility index (Phi) is 6.78. The van der Waals surface area contributed by atoms with E-state index in [0.29, 0.717) is 12.2 Å². The molecule has 1 heterocycles. The number of para-hydroxylation sites is 2. The number of hydrogen-bond donors (Lipinski definition) is 3. The fraction of sp³-hybridized carbons (Fsp3) is 0.231. The van der Waals surface area contributed by atoms with Gasteiger partial charge in [0, 0.05) is 0 Å². The molecule has 0 bridgehead atoms. The standard InChI is InChI=1S/C26H28N4O3/c1-17(19-10-14-21(33-3)15-11-19)27-26(31)30-24(16-18-8-12-20(32-2)13-9-18)25-28-22-6-4-5-7-23(22)29-25/h4-15,17,24H,16H2,1-3H3,(H,28,29)(H2,27,30,31)/t17-,24+/m0/s1. The molecule has 4 aromatic rings. The van der Waals surface area contributed by atoms with Crippen LogP contribution in [-0.4, -0.2) is 30.2 Å². The molecule has 2 atom stereocenters. The number of fused-ring (bicyclic) bond motifs is 1. The zero-order chi connectivity index (χ0) is 23.2. The van der Waals surface area contributed by atoms with Crippen molar-refractivity contribution in [2.24, 2.45) is 0 Å². The van der Waals surface area contributed by atoms with Gasteiger partial charge in [0.2, 0.25) is 0 Å². The molecular weight excluding hydrogens is 416 g/mol. The quantitative estimate of drug-likeness (QED) is 0.360. The van der Waals surface area contributed by atoms with Crippen LogP contribution in [0.3, 0.4) is 0 Å². The number of carbonyl (C=O) groups is 1. The summed E-state index contributed by atoms with van der Waals surface area (Å²) in [5.41, 5.74) is 3.84. The van der Waals surface area contributed by atoms with Crippen molar-refractivity contribution >= 4 is 17.1 Å². The molecule has 4 rings (SSSR count). The van der Waals surface area contributed by atoms with E-state index in [9.17, 15) is 4.79 Å². The number of ether oxygens (including phenoxy) is 2. The van der Waals surface area contributed by atoms with Crippen molar-refractivity contribution in [3.63, 3.8) is 0 Å². The van der Waals surface area contributed by atoms with Crippen LogP contribution in [0.5, 0.6) is 11.5 Å². The maximum atomic E-state index is 12.9. The second-order valence-electron chi connectivity index (χ2n) is 7.86. The van der Waals surface area contributed by atoms with Crippen LogP contribution in [0, 0.1) is 0 Å². The Hall–Kier alpha value is -4.00. The van der Waals surface area contributed by atoms with Crippen LogP contribution in [0.1, 0.15) is 36.0 Å². The summed E-state index contributed by atoms with van der Waals surface area (Å²) in [5, 5.41) is 6.11. The van der Waals surface area contributed by atoms with Crippen molar-refractivity contribution in [1.29, 1.82) is 0 Å². The summed E-state index contributed by atoms with van der Waals surface area (Å²) in [4.78, 5) is 21.0. The highest BCUT2D eigenvalue weighted by molar-refractivity contribution is 5.76. The van der Waals surface area contributed by atoms with Gasteiger partial charge in [-0.2, -0.15) is 0 Å². The number of amides is 2. The summed E-state index contributed by atoms with van der Waals surface area (Å²) in [6, 6.07) is 22.5. The molecule has 3 N–H and O–H groups in total.